The van der Waals surface area contributed by atoms with Crippen LogP contribution in [0.1, 0.15) is 28.8 Å². The fourth-order valence-corrected chi connectivity index (χ4v) is 3.84. The average molecular weight is 435 g/mol. The molecule has 1 N–H and O–H groups in total. The number of carbonyl (C=O) groups is 1. The van der Waals surface area contributed by atoms with Gasteiger partial charge in [-0.2, -0.15) is 13.2 Å². The maximum Gasteiger partial charge on any atom is 0.417 e. The van der Waals surface area contributed by atoms with Gasteiger partial charge in [0, 0.05) is 39.3 Å². The van der Waals surface area contributed by atoms with Gasteiger partial charge in [0.25, 0.3) is 5.91 Å². The van der Waals surface area contributed by atoms with Gasteiger partial charge < -0.3 is 19.9 Å². The SMILES string of the molecule is O=C(c1ccccc1C(F)(F)F)N1CCN(c2ccc(NCC3CCCO3)nn2)CC1. The van der Waals surface area contributed by atoms with Gasteiger partial charge in [-0.25, -0.2) is 0 Å². The van der Waals surface area contributed by atoms with Crippen LogP contribution in [0.3, 0.4) is 0 Å². The molecule has 4 rings (SSSR count). The Morgan fingerprint density at radius 3 is 2.52 bits per heavy atom. The number of hydrogen-bond donors (Lipinski definition) is 1. The lowest BCUT2D eigenvalue weighted by molar-refractivity contribution is -0.138. The molecule has 1 aromatic carbocycles. The normalized spacial score (nSPS) is 19.5. The standard InChI is InChI=1S/C21H24F3N5O2/c22-21(23,24)17-6-2-1-5-16(17)20(30)29-11-9-28(10-12-29)19-8-7-18(26-27-19)25-14-15-4-3-13-31-15/h1-2,5-8,15H,3-4,9-14H2,(H,25,26). The fourth-order valence-electron chi connectivity index (χ4n) is 3.84. The molecule has 0 bridgehead atoms. The Labute approximate surface area is 178 Å². The van der Waals surface area contributed by atoms with Crippen LogP contribution in [0.5, 0.6) is 0 Å². The zero-order chi connectivity index (χ0) is 21.8. The van der Waals surface area contributed by atoms with Crippen molar-refractivity contribution >= 4 is 17.5 Å². The first kappa shape index (κ1) is 21.4. The second-order valence-electron chi connectivity index (χ2n) is 7.62. The molecule has 166 valence electrons. The van der Waals surface area contributed by atoms with Gasteiger partial charge in [-0.05, 0) is 37.1 Å². The van der Waals surface area contributed by atoms with Crippen molar-refractivity contribution in [3.8, 4) is 0 Å². The van der Waals surface area contributed by atoms with Crippen LogP contribution in [0.15, 0.2) is 36.4 Å². The molecule has 1 aromatic heterocycles. The molecule has 1 atom stereocenters. The number of hydrogen-bond acceptors (Lipinski definition) is 6. The van der Waals surface area contributed by atoms with Gasteiger partial charge in [-0.3, -0.25) is 4.79 Å². The summed E-state index contributed by atoms with van der Waals surface area (Å²) in [4.78, 5) is 16.1. The van der Waals surface area contributed by atoms with Crippen LogP contribution in [-0.4, -0.2) is 66.4 Å². The topological polar surface area (TPSA) is 70.6 Å². The molecule has 31 heavy (non-hydrogen) atoms. The predicted molar refractivity (Wildman–Crippen MR) is 109 cm³/mol. The van der Waals surface area contributed by atoms with Crippen LogP contribution >= 0.6 is 0 Å². The molecule has 0 aliphatic carbocycles. The predicted octanol–water partition coefficient (Wildman–Crippen LogP) is 3.05. The Bertz CT molecular complexity index is 893. The van der Waals surface area contributed by atoms with E-state index < -0.39 is 17.6 Å². The first-order valence-electron chi connectivity index (χ1n) is 10.3. The summed E-state index contributed by atoms with van der Waals surface area (Å²) in [5.41, 5.74) is -1.22. The van der Waals surface area contributed by atoms with Gasteiger partial charge in [0.1, 0.15) is 5.82 Å². The van der Waals surface area contributed by atoms with E-state index in [9.17, 15) is 18.0 Å². The minimum Gasteiger partial charge on any atom is -0.376 e. The van der Waals surface area contributed by atoms with E-state index >= 15 is 0 Å². The Morgan fingerprint density at radius 2 is 1.87 bits per heavy atom. The molecule has 2 aromatic rings. The van der Waals surface area contributed by atoms with Crippen molar-refractivity contribution < 1.29 is 22.7 Å². The number of amides is 1. The van der Waals surface area contributed by atoms with Crippen molar-refractivity contribution in [1.82, 2.24) is 15.1 Å². The van der Waals surface area contributed by atoms with Crippen molar-refractivity contribution in [3.05, 3.63) is 47.5 Å². The number of anilines is 2. The number of piperazine rings is 1. The first-order chi connectivity index (χ1) is 14.9. The molecule has 7 nitrogen and oxygen atoms in total. The molecule has 2 fully saturated rings. The molecule has 0 spiro atoms. The minimum atomic E-state index is -4.57. The van der Waals surface area contributed by atoms with Crippen LogP contribution in [0.2, 0.25) is 0 Å². The van der Waals surface area contributed by atoms with E-state index in [1.807, 2.05) is 17.0 Å². The quantitative estimate of drug-likeness (QED) is 0.779. The van der Waals surface area contributed by atoms with Crippen LogP contribution in [-0.2, 0) is 10.9 Å². The molecular weight excluding hydrogens is 411 g/mol. The Hall–Kier alpha value is -2.88. The summed E-state index contributed by atoms with van der Waals surface area (Å²) in [5.74, 6) is 0.731. The third-order valence-corrected chi connectivity index (χ3v) is 5.54. The van der Waals surface area contributed by atoms with Crippen molar-refractivity contribution in [1.29, 1.82) is 0 Å². The van der Waals surface area contributed by atoms with Gasteiger partial charge in [0.15, 0.2) is 5.82 Å². The summed E-state index contributed by atoms with van der Waals surface area (Å²) < 4.78 is 45.3. The lowest BCUT2D eigenvalue weighted by Crippen LogP contribution is -2.49. The zero-order valence-corrected chi connectivity index (χ0v) is 16.9. The zero-order valence-electron chi connectivity index (χ0n) is 16.9. The molecular formula is C21H24F3N5O2. The van der Waals surface area contributed by atoms with Gasteiger partial charge >= 0.3 is 6.18 Å². The van der Waals surface area contributed by atoms with Crippen molar-refractivity contribution in [3.63, 3.8) is 0 Å². The number of nitrogens with one attached hydrogen (secondary N) is 1. The van der Waals surface area contributed by atoms with E-state index in [0.717, 1.165) is 25.5 Å². The lowest BCUT2D eigenvalue weighted by Gasteiger charge is -2.35. The molecule has 1 amide bonds. The summed E-state index contributed by atoms with van der Waals surface area (Å²) >= 11 is 0. The second kappa shape index (κ2) is 9.09. The summed E-state index contributed by atoms with van der Waals surface area (Å²) in [5, 5.41) is 11.6. The summed E-state index contributed by atoms with van der Waals surface area (Å²) in [6, 6.07) is 8.59. The third kappa shape index (κ3) is 5.07. The maximum absolute atomic E-state index is 13.2. The Kier molecular flexibility index (Phi) is 6.26. The first-order valence-corrected chi connectivity index (χ1v) is 10.3. The van der Waals surface area contributed by atoms with E-state index in [2.05, 4.69) is 15.5 Å². The maximum atomic E-state index is 13.2. The van der Waals surface area contributed by atoms with Gasteiger partial charge in [0.05, 0.1) is 17.2 Å². The molecule has 3 heterocycles. The molecule has 0 saturated carbocycles. The number of halogens is 3. The number of rotatable bonds is 5. The van der Waals surface area contributed by atoms with Crippen LogP contribution in [0.25, 0.3) is 0 Å². The van der Waals surface area contributed by atoms with Gasteiger partial charge in [0.2, 0.25) is 0 Å². The monoisotopic (exact) mass is 435 g/mol. The van der Waals surface area contributed by atoms with Crippen molar-refractivity contribution in [2.24, 2.45) is 0 Å². The summed E-state index contributed by atoms with van der Waals surface area (Å²) in [7, 11) is 0. The highest BCUT2D eigenvalue weighted by Crippen LogP contribution is 2.32. The average Bonchev–Trinajstić information content (AvgIpc) is 3.31. The highest BCUT2D eigenvalue weighted by molar-refractivity contribution is 5.96. The number of benzene rings is 1. The molecule has 2 saturated heterocycles. The smallest absolute Gasteiger partial charge is 0.376 e. The summed E-state index contributed by atoms with van der Waals surface area (Å²) in [6.45, 7) is 3.05. The molecule has 10 heteroatoms. The number of ether oxygens (including phenoxy) is 1. The fraction of sp³-hybridized carbons (Fsp3) is 0.476. The highest BCUT2D eigenvalue weighted by atomic mass is 19.4. The van der Waals surface area contributed by atoms with Crippen LogP contribution in [0, 0.1) is 0 Å². The lowest BCUT2D eigenvalue weighted by atomic mass is 10.1. The van der Waals surface area contributed by atoms with Crippen LogP contribution < -0.4 is 10.2 Å². The summed E-state index contributed by atoms with van der Waals surface area (Å²) in [6.07, 6.45) is -2.25. The van der Waals surface area contributed by atoms with Crippen LogP contribution in [0.4, 0.5) is 24.8 Å². The number of carbonyl (C=O) groups excluding carboxylic acids is 1. The van der Waals surface area contributed by atoms with E-state index in [-0.39, 0.29) is 11.7 Å². The molecule has 1 unspecified atom stereocenters. The Balaban J connectivity index is 1.33. The second-order valence-corrected chi connectivity index (χ2v) is 7.62. The molecule has 0 radical (unpaired) electrons. The third-order valence-electron chi connectivity index (χ3n) is 5.54. The number of nitrogens with zero attached hydrogens (tertiary/aromatic N) is 4. The van der Waals surface area contributed by atoms with E-state index in [4.69, 9.17) is 4.74 Å². The van der Waals surface area contributed by atoms with E-state index in [1.165, 1.54) is 23.1 Å². The van der Waals surface area contributed by atoms with E-state index in [1.54, 1.807) is 0 Å². The number of alkyl halides is 3. The highest BCUT2D eigenvalue weighted by Gasteiger charge is 2.36. The van der Waals surface area contributed by atoms with E-state index in [0.29, 0.717) is 44.4 Å². The van der Waals surface area contributed by atoms with Crippen molar-refractivity contribution in [2.75, 3.05) is 49.5 Å². The minimum absolute atomic E-state index is 0.203. The molecule has 2 aliphatic heterocycles. The van der Waals surface area contributed by atoms with Gasteiger partial charge in [-0.1, -0.05) is 12.1 Å². The number of aromatic nitrogens is 2. The largest absolute Gasteiger partial charge is 0.417 e. The van der Waals surface area contributed by atoms with Crippen molar-refractivity contribution in [2.45, 2.75) is 25.1 Å². The molecule has 2 aliphatic rings. The Morgan fingerprint density at radius 1 is 1.10 bits per heavy atom. The van der Waals surface area contributed by atoms with Gasteiger partial charge in [-0.15, -0.1) is 10.2 Å².